The zero-order valence-corrected chi connectivity index (χ0v) is 16.3. The molecule has 27 heavy (non-hydrogen) atoms. The van der Waals surface area contributed by atoms with E-state index in [9.17, 15) is 4.79 Å². The first-order valence-corrected chi connectivity index (χ1v) is 10.7. The highest BCUT2D eigenvalue weighted by Crippen LogP contribution is 2.42. The molecule has 3 heterocycles. The molecule has 2 aliphatic heterocycles. The van der Waals surface area contributed by atoms with E-state index in [1.54, 1.807) is 6.20 Å². The zero-order chi connectivity index (χ0) is 18.5. The molecule has 1 aromatic rings. The fraction of sp³-hybridized carbons (Fsp3) is 0.727. The van der Waals surface area contributed by atoms with Crippen molar-refractivity contribution in [3.63, 3.8) is 0 Å². The average Bonchev–Trinajstić information content (AvgIpc) is 3.34. The number of hydrogen-bond acceptors (Lipinski definition) is 4. The van der Waals surface area contributed by atoms with Gasteiger partial charge in [0.05, 0.1) is 12.2 Å². The molecule has 0 unspecified atom stereocenters. The smallest absolute Gasteiger partial charge is 0.222 e. The predicted octanol–water partition coefficient (Wildman–Crippen LogP) is 3.83. The highest BCUT2D eigenvalue weighted by Gasteiger charge is 2.46. The lowest BCUT2D eigenvalue weighted by molar-refractivity contribution is -0.138. The highest BCUT2D eigenvalue weighted by atomic mass is 16.5. The third-order valence-corrected chi connectivity index (χ3v) is 6.85. The van der Waals surface area contributed by atoms with E-state index in [4.69, 9.17) is 9.47 Å². The van der Waals surface area contributed by atoms with Gasteiger partial charge in [-0.25, -0.2) is 4.98 Å². The van der Waals surface area contributed by atoms with Crippen LogP contribution in [0.1, 0.15) is 57.8 Å². The van der Waals surface area contributed by atoms with Crippen LogP contribution in [0.5, 0.6) is 5.88 Å². The maximum atomic E-state index is 12.6. The van der Waals surface area contributed by atoms with Crippen LogP contribution in [0.3, 0.4) is 0 Å². The van der Waals surface area contributed by atoms with Crippen molar-refractivity contribution < 1.29 is 14.3 Å². The maximum absolute atomic E-state index is 12.6. The molecule has 1 spiro atoms. The Morgan fingerprint density at radius 2 is 2.04 bits per heavy atom. The number of carbonyl (C=O) groups is 1. The van der Waals surface area contributed by atoms with E-state index in [-0.39, 0.29) is 5.60 Å². The lowest BCUT2D eigenvalue weighted by Gasteiger charge is -2.42. The van der Waals surface area contributed by atoms with Gasteiger partial charge < -0.3 is 14.4 Å². The third kappa shape index (κ3) is 4.45. The average molecular weight is 373 g/mol. The number of likely N-dealkylation sites (tertiary alicyclic amines) is 1. The van der Waals surface area contributed by atoms with Crippen molar-refractivity contribution in [2.24, 2.45) is 11.8 Å². The normalized spacial score (nSPS) is 25.2. The minimum atomic E-state index is -0.0440. The van der Waals surface area contributed by atoms with Crippen LogP contribution in [-0.2, 0) is 9.53 Å². The number of carbonyl (C=O) groups excluding carboxylic acids is 1. The van der Waals surface area contributed by atoms with E-state index in [0.717, 1.165) is 51.8 Å². The Labute approximate surface area is 162 Å². The summed E-state index contributed by atoms with van der Waals surface area (Å²) in [5.41, 5.74) is -0.0440. The summed E-state index contributed by atoms with van der Waals surface area (Å²) in [5, 5.41) is 0. The number of piperidine rings is 1. The SMILES string of the molecule is O=C(CC1CCCC1)N1CCC2(CC1)OCC[C@H]2CCOc1ccccn1. The van der Waals surface area contributed by atoms with Gasteiger partial charge in [-0.3, -0.25) is 4.79 Å². The van der Waals surface area contributed by atoms with Crippen LogP contribution in [0.4, 0.5) is 0 Å². The van der Waals surface area contributed by atoms with Crippen molar-refractivity contribution in [2.45, 2.75) is 63.4 Å². The van der Waals surface area contributed by atoms with Gasteiger partial charge in [-0.15, -0.1) is 0 Å². The fourth-order valence-corrected chi connectivity index (χ4v) is 5.21. The minimum absolute atomic E-state index is 0.0440. The fourth-order valence-electron chi connectivity index (χ4n) is 5.21. The number of ether oxygens (including phenoxy) is 2. The van der Waals surface area contributed by atoms with Gasteiger partial charge in [0, 0.05) is 38.4 Å². The standard InChI is InChI=1S/C22H32N2O3/c25-21(17-18-5-1-2-6-18)24-13-10-22(11-14-24)19(9-16-27-22)8-15-26-20-7-3-4-12-23-20/h3-4,7,12,18-19H,1-2,5-6,8-11,13-17H2/t19-/m1/s1. The van der Waals surface area contributed by atoms with Crippen LogP contribution in [0.2, 0.25) is 0 Å². The number of nitrogens with zero attached hydrogens (tertiary/aromatic N) is 2. The zero-order valence-electron chi connectivity index (χ0n) is 16.3. The molecule has 0 radical (unpaired) electrons. The summed E-state index contributed by atoms with van der Waals surface area (Å²) in [6.45, 7) is 3.22. The van der Waals surface area contributed by atoms with Crippen molar-refractivity contribution in [2.75, 3.05) is 26.3 Å². The molecule has 1 saturated carbocycles. The second-order valence-electron chi connectivity index (χ2n) is 8.44. The predicted molar refractivity (Wildman–Crippen MR) is 104 cm³/mol. The van der Waals surface area contributed by atoms with Crippen molar-refractivity contribution in [3.05, 3.63) is 24.4 Å². The van der Waals surface area contributed by atoms with Gasteiger partial charge in [0.1, 0.15) is 0 Å². The van der Waals surface area contributed by atoms with Gasteiger partial charge in [0.25, 0.3) is 0 Å². The van der Waals surface area contributed by atoms with Crippen molar-refractivity contribution in [1.29, 1.82) is 0 Å². The summed E-state index contributed by atoms with van der Waals surface area (Å²) in [7, 11) is 0. The van der Waals surface area contributed by atoms with Gasteiger partial charge >= 0.3 is 0 Å². The van der Waals surface area contributed by atoms with Gasteiger partial charge in [0.2, 0.25) is 11.8 Å². The lowest BCUT2D eigenvalue weighted by atomic mass is 9.78. The van der Waals surface area contributed by atoms with Crippen molar-refractivity contribution in [3.8, 4) is 5.88 Å². The molecular weight excluding hydrogens is 340 g/mol. The Bertz CT molecular complexity index is 607. The molecule has 1 atom stereocenters. The summed E-state index contributed by atoms with van der Waals surface area (Å²) in [6, 6.07) is 5.74. The quantitative estimate of drug-likeness (QED) is 0.762. The Balaban J connectivity index is 1.25. The minimum Gasteiger partial charge on any atom is -0.478 e. The van der Waals surface area contributed by atoms with Crippen LogP contribution in [0, 0.1) is 11.8 Å². The summed E-state index contributed by atoms with van der Waals surface area (Å²) in [6.07, 6.45) is 11.6. The van der Waals surface area contributed by atoms with E-state index in [1.807, 2.05) is 18.2 Å². The first kappa shape index (κ1) is 18.7. The summed E-state index contributed by atoms with van der Waals surface area (Å²) < 4.78 is 12.1. The Hall–Kier alpha value is -1.62. The van der Waals surface area contributed by atoms with Gasteiger partial charge in [-0.1, -0.05) is 18.9 Å². The van der Waals surface area contributed by atoms with Crippen LogP contribution >= 0.6 is 0 Å². The molecule has 1 aromatic heterocycles. The molecule has 5 heteroatoms. The van der Waals surface area contributed by atoms with E-state index < -0.39 is 0 Å². The molecule has 5 nitrogen and oxygen atoms in total. The van der Waals surface area contributed by atoms with E-state index >= 15 is 0 Å². The first-order chi connectivity index (χ1) is 13.3. The second-order valence-corrected chi connectivity index (χ2v) is 8.44. The Kier molecular flexibility index (Phi) is 5.96. The maximum Gasteiger partial charge on any atom is 0.222 e. The molecule has 0 N–H and O–H groups in total. The monoisotopic (exact) mass is 372 g/mol. The van der Waals surface area contributed by atoms with Crippen molar-refractivity contribution in [1.82, 2.24) is 9.88 Å². The molecule has 3 aliphatic rings. The van der Waals surface area contributed by atoms with Gasteiger partial charge in [-0.05, 0) is 56.4 Å². The molecular formula is C22H32N2O3. The second kappa shape index (κ2) is 8.59. The molecule has 3 fully saturated rings. The van der Waals surface area contributed by atoms with E-state index in [2.05, 4.69) is 9.88 Å². The van der Waals surface area contributed by atoms with Crippen molar-refractivity contribution >= 4 is 5.91 Å². The van der Waals surface area contributed by atoms with Crippen LogP contribution in [0.25, 0.3) is 0 Å². The molecule has 4 rings (SSSR count). The first-order valence-electron chi connectivity index (χ1n) is 10.7. The Morgan fingerprint density at radius 1 is 1.22 bits per heavy atom. The molecule has 2 saturated heterocycles. The number of pyridine rings is 1. The topological polar surface area (TPSA) is 51.7 Å². The molecule has 0 bridgehead atoms. The summed E-state index contributed by atoms with van der Waals surface area (Å²) in [4.78, 5) is 18.9. The Morgan fingerprint density at radius 3 is 2.78 bits per heavy atom. The molecule has 1 aliphatic carbocycles. The molecule has 1 amide bonds. The number of hydrogen-bond donors (Lipinski definition) is 0. The lowest BCUT2D eigenvalue weighted by Crippen LogP contribution is -2.49. The van der Waals surface area contributed by atoms with Crippen LogP contribution in [0.15, 0.2) is 24.4 Å². The largest absolute Gasteiger partial charge is 0.478 e. The van der Waals surface area contributed by atoms with E-state index in [0.29, 0.717) is 30.2 Å². The molecule has 0 aromatic carbocycles. The number of aromatic nitrogens is 1. The summed E-state index contributed by atoms with van der Waals surface area (Å²) in [5.74, 6) is 2.21. The van der Waals surface area contributed by atoms with Gasteiger partial charge in [0.15, 0.2) is 0 Å². The highest BCUT2D eigenvalue weighted by molar-refractivity contribution is 5.76. The van der Waals surface area contributed by atoms with E-state index in [1.165, 1.54) is 25.7 Å². The van der Waals surface area contributed by atoms with Crippen LogP contribution in [-0.4, -0.2) is 47.7 Å². The molecule has 148 valence electrons. The van der Waals surface area contributed by atoms with Gasteiger partial charge in [-0.2, -0.15) is 0 Å². The van der Waals surface area contributed by atoms with Crippen LogP contribution < -0.4 is 4.74 Å². The summed E-state index contributed by atoms with van der Waals surface area (Å²) >= 11 is 0. The third-order valence-electron chi connectivity index (χ3n) is 6.85. The number of amides is 1. The number of rotatable bonds is 6.